The van der Waals surface area contributed by atoms with Crippen molar-refractivity contribution >= 4 is 5.91 Å². The Morgan fingerprint density at radius 3 is 2.50 bits per heavy atom. The van der Waals surface area contributed by atoms with Gasteiger partial charge in [0.15, 0.2) is 0 Å². The maximum absolute atomic E-state index is 12.2. The third-order valence-electron chi connectivity index (χ3n) is 4.08. The zero-order valence-electron chi connectivity index (χ0n) is 12.4. The smallest absolute Gasteiger partial charge is 0.236 e. The summed E-state index contributed by atoms with van der Waals surface area (Å²) >= 11 is 0. The molecular weight excluding hydrogens is 250 g/mol. The maximum Gasteiger partial charge on any atom is 0.236 e. The second-order valence-corrected chi connectivity index (χ2v) is 5.79. The van der Waals surface area contributed by atoms with Gasteiger partial charge in [0.2, 0.25) is 5.91 Å². The molecule has 1 aliphatic rings. The Morgan fingerprint density at radius 2 is 1.90 bits per heavy atom. The summed E-state index contributed by atoms with van der Waals surface area (Å²) in [4.78, 5) is 12.2. The topological polar surface area (TPSA) is 58.4 Å². The van der Waals surface area contributed by atoms with Crippen LogP contribution in [0.2, 0.25) is 0 Å². The minimum absolute atomic E-state index is 0.00181. The van der Waals surface area contributed by atoms with Crippen LogP contribution in [-0.4, -0.2) is 23.0 Å². The van der Waals surface area contributed by atoms with Gasteiger partial charge in [0.25, 0.3) is 0 Å². The summed E-state index contributed by atoms with van der Waals surface area (Å²) in [7, 11) is 0. The summed E-state index contributed by atoms with van der Waals surface area (Å²) in [6, 6.07) is 10.3. The molecule has 1 aromatic carbocycles. The van der Waals surface area contributed by atoms with E-state index < -0.39 is 0 Å². The maximum atomic E-state index is 12.2. The highest BCUT2D eigenvalue weighted by atomic mass is 16.2. The largest absolute Gasteiger partial charge is 0.324 e. The number of piperidine rings is 1. The predicted octanol–water partition coefficient (Wildman–Crippen LogP) is 2.37. The van der Waals surface area contributed by atoms with E-state index in [0.717, 1.165) is 18.4 Å². The molecule has 20 heavy (non-hydrogen) atoms. The molecule has 0 radical (unpaired) electrons. The highest BCUT2D eigenvalue weighted by molar-refractivity contribution is 5.76. The van der Waals surface area contributed by atoms with Gasteiger partial charge in [-0.2, -0.15) is 0 Å². The Labute approximate surface area is 121 Å². The van der Waals surface area contributed by atoms with Crippen LogP contribution in [0, 0.1) is 0 Å². The molecule has 110 valence electrons. The second kappa shape index (κ2) is 6.86. The first-order chi connectivity index (χ1) is 9.58. The zero-order valence-corrected chi connectivity index (χ0v) is 12.4. The molecule has 0 spiro atoms. The molecule has 1 fully saturated rings. The molecule has 1 heterocycles. The van der Waals surface area contributed by atoms with E-state index in [9.17, 15) is 4.79 Å². The molecule has 3 N–H and O–H groups in total. The van der Waals surface area contributed by atoms with E-state index >= 15 is 0 Å². The number of hydrogen-bond acceptors (Lipinski definition) is 3. The van der Waals surface area contributed by atoms with Gasteiger partial charge in [-0.3, -0.25) is 10.2 Å². The van der Waals surface area contributed by atoms with Crippen LogP contribution in [-0.2, 0) is 4.79 Å². The summed E-state index contributed by atoms with van der Waals surface area (Å²) in [6.07, 6.45) is 3.82. The van der Waals surface area contributed by atoms with E-state index in [1.165, 1.54) is 6.42 Å². The van der Waals surface area contributed by atoms with Crippen LogP contribution >= 0.6 is 0 Å². The Morgan fingerprint density at radius 1 is 1.30 bits per heavy atom. The Hall–Kier alpha value is -1.39. The summed E-state index contributed by atoms with van der Waals surface area (Å²) < 4.78 is 0. The lowest BCUT2D eigenvalue weighted by atomic mass is 9.99. The van der Waals surface area contributed by atoms with E-state index in [1.54, 1.807) is 0 Å². The summed E-state index contributed by atoms with van der Waals surface area (Å²) in [6.45, 7) is 4.32. The average Bonchev–Trinajstić information content (AvgIpc) is 2.44. The van der Waals surface area contributed by atoms with Crippen LogP contribution in [0.4, 0.5) is 0 Å². The lowest BCUT2D eigenvalue weighted by Gasteiger charge is -2.38. The minimum Gasteiger partial charge on any atom is -0.324 e. The number of carbonyl (C=O) groups is 1. The fourth-order valence-electron chi connectivity index (χ4n) is 2.85. The Bertz CT molecular complexity index is 425. The number of nitrogens with zero attached hydrogens (tertiary/aromatic N) is 1. The predicted molar refractivity (Wildman–Crippen MR) is 80.7 cm³/mol. The molecule has 0 aliphatic carbocycles. The van der Waals surface area contributed by atoms with Crippen molar-refractivity contribution in [2.75, 3.05) is 0 Å². The zero-order chi connectivity index (χ0) is 14.5. The fourth-order valence-corrected chi connectivity index (χ4v) is 2.85. The van der Waals surface area contributed by atoms with Crippen molar-refractivity contribution < 1.29 is 4.79 Å². The number of hydrazine groups is 1. The van der Waals surface area contributed by atoms with Gasteiger partial charge < -0.3 is 5.73 Å². The number of benzene rings is 1. The number of amides is 1. The molecule has 1 saturated heterocycles. The molecule has 3 atom stereocenters. The number of nitrogens with one attached hydrogen (secondary N) is 1. The SMILES string of the molecule is CC1CCCC(C)N1NC(=O)CC(N)c1ccccc1. The van der Waals surface area contributed by atoms with E-state index in [4.69, 9.17) is 5.73 Å². The van der Waals surface area contributed by atoms with Crippen LogP contribution in [0.1, 0.15) is 51.1 Å². The number of rotatable bonds is 4. The minimum atomic E-state index is -0.244. The monoisotopic (exact) mass is 275 g/mol. The highest BCUT2D eigenvalue weighted by Crippen LogP contribution is 2.21. The van der Waals surface area contributed by atoms with Crippen molar-refractivity contribution in [3.63, 3.8) is 0 Å². The van der Waals surface area contributed by atoms with E-state index in [0.29, 0.717) is 18.5 Å². The molecule has 0 bridgehead atoms. The molecule has 0 aromatic heterocycles. The molecule has 1 aromatic rings. The molecule has 1 amide bonds. The molecule has 0 saturated carbocycles. The van der Waals surface area contributed by atoms with Gasteiger partial charge in [-0.15, -0.1) is 0 Å². The van der Waals surface area contributed by atoms with Gasteiger partial charge >= 0.3 is 0 Å². The first-order valence-electron chi connectivity index (χ1n) is 7.46. The van der Waals surface area contributed by atoms with Crippen LogP contribution in [0.25, 0.3) is 0 Å². The van der Waals surface area contributed by atoms with E-state index in [2.05, 4.69) is 24.3 Å². The van der Waals surface area contributed by atoms with Crippen molar-refractivity contribution in [1.82, 2.24) is 10.4 Å². The molecule has 4 nitrogen and oxygen atoms in total. The van der Waals surface area contributed by atoms with Crippen molar-refractivity contribution in [1.29, 1.82) is 0 Å². The van der Waals surface area contributed by atoms with Crippen LogP contribution in [0.3, 0.4) is 0 Å². The number of carbonyl (C=O) groups excluding carboxylic acids is 1. The first kappa shape index (κ1) is 15.0. The number of hydrogen-bond donors (Lipinski definition) is 2. The standard InChI is InChI=1S/C16H25N3O/c1-12-7-6-8-13(2)19(12)18-16(20)11-15(17)14-9-4-3-5-10-14/h3-5,9-10,12-13,15H,6-8,11,17H2,1-2H3,(H,18,20). The quantitative estimate of drug-likeness (QED) is 0.887. The van der Waals surface area contributed by atoms with Gasteiger partial charge in [-0.05, 0) is 32.3 Å². The summed E-state index contributed by atoms with van der Waals surface area (Å²) in [5.74, 6) is 0.00181. The van der Waals surface area contributed by atoms with Gasteiger partial charge in [-0.1, -0.05) is 36.8 Å². The van der Waals surface area contributed by atoms with Crippen molar-refractivity contribution in [2.24, 2.45) is 5.73 Å². The lowest BCUT2D eigenvalue weighted by molar-refractivity contribution is -0.129. The Balaban J connectivity index is 1.89. The van der Waals surface area contributed by atoms with Crippen LogP contribution in [0.5, 0.6) is 0 Å². The molecule has 4 heteroatoms. The normalized spacial score (nSPS) is 25.1. The van der Waals surface area contributed by atoms with Gasteiger partial charge in [0.1, 0.15) is 0 Å². The third-order valence-corrected chi connectivity index (χ3v) is 4.08. The van der Waals surface area contributed by atoms with E-state index in [1.807, 2.05) is 30.3 Å². The molecule has 1 aliphatic heterocycles. The van der Waals surface area contributed by atoms with Gasteiger partial charge in [0, 0.05) is 24.5 Å². The summed E-state index contributed by atoms with van der Waals surface area (Å²) in [5, 5.41) is 2.09. The third kappa shape index (κ3) is 3.81. The number of nitrogens with two attached hydrogens (primary N) is 1. The highest BCUT2D eigenvalue weighted by Gasteiger charge is 2.26. The fraction of sp³-hybridized carbons (Fsp3) is 0.562. The van der Waals surface area contributed by atoms with Gasteiger partial charge in [-0.25, -0.2) is 5.01 Å². The Kier molecular flexibility index (Phi) is 5.15. The van der Waals surface area contributed by atoms with Crippen LogP contribution in [0.15, 0.2) is 30.3 Å². The van der Waals surface area contributed by atoms with Crippen LogP contribution < -0.4 is 11.2 Å². The average molecular weight is 275 g/mol. The first-order valence-corrected chi connectivity index (χ1v) is 7.46. The van der Waals surface area contributed by atoms with E-state index in [-0.39, 0.29) is 11.9 Å². The lowest BCUT2D eigenvalue weighted by Crippen LogP contribution is -2.54. The van der Waals surface area contributed by atoms with Crippen molar-refractivity contribution in [2.45, 2.75) is 57.7 Å². The molecular formula is C16H25N3O. The molecule has 2 rings (SSSR count). The van der Waals surface area contributed by atoms with Gasteiger partial charge in [0.05, 0.1) is 0 Å². The summed E-state index contributed by atoms with van der Waals surface area (Å²) in [5.41, 5.74) is 10.1. The molecule has 3 unspecified atom stereocenters. The van der Waals surface area contributed by atoms with Crippen molar-refractivity contribution in [3.8, 4) is 0 Å². The van der Waals surface area contributed by atoms with Crippen molar-refractivity contribution in [3.05, 3.63) is 35.9 Å². The second-order valence-electron chi connectivity index (χ2n) is 5.79.